The molecule has 1 heterocycles. The third-order valence-electron chi connectivity index (χ3n) is 5.20. The number of rotatable bonds is 7. The van der Waals surface area contributed by atoms with Crippen LogP contribution in [0, 0.1) is 0 Å². The van der Waals surface area contributed by atoms with Gasteiger partial charge in [-0.25, -0.2) is 8.42 Å². The number of fused-ring (bicyclic) bond motifs is 1. The minimum absolute atomic E-state index is 0.0981. The minimum atomic E-state index is -3.26. The summed E-state index contributed by atoms with van der Waals surface area (Å²) in [4.78, 5) is 6.91. The Hall–Kier alpha value is -2.74. The smallest absolute Gasteiger partial charge is 0.193 e. The number of methoxy groups -OCH3 is 2. The molecule has 0 bridgehead atoms. The fourth-order valence-corrected chi connectivity index (χ4v) is 4.94. The zero-order valence-corrected chi connectivity index (χ0v) is 18.5. The Morgan fingerprint density at radius 3 is 2.40 bits per heavy atom. The summed E-state index contributed by atoms with van der Waals surface area (Å²) in [7, 11) is 1.76. The fraction of sp³-hybridized carbons (Fsp3) is 0.409. The largest absolute Gasteiger partial charge is 0.493 e. The Morgan fingerprint density at radius 2 is 1.77 bits per heavy atom. The van der Waals surface area contributed by atoms with E-state index in [1.54, 1.807) is 45.5 Å². The van der Waals surface area contributed by atoms with Gasteiger partial charge in [-0.2, -0.15) is 0 Å². The highest BCUT2D eigenvalue weighted by atomic mass is 32.2. The molecule has 1 aliphatic rings. The molecule has 1 N–H and O–H groups in total. The quantitative estimate of drug-likeness (QED) is 0.412. The molecule has 0 unspecified atom stereocenters. The second-order valence-corrected chi connectivity index (χ2v) is 9.22. The Morgan fingerprint density at radius 1 is 1.10 bits per heavy atom. The number of hydrogen-bond acceptors (Lipinski definition) is 5. The molecule has 0 atom stereocenters. The first-order valence-electron chi connectivity index (χ1n) is 9.95. The van der Waals surface area contributed by atoms with Gasteiger partial charge in [0.05, 0.1) is 24.9 Å². The number of aliphatic imine (C=N–C) groups is 1. The predicted molar refractivity (Wildman–Crippen MR) is 118 cm³/mol. The summed E-state index contributed by atoms with van der Waals surface area (Å²) < 4.78 is 35.6. The molecule has 0 saturated carbocycles. The molecule has 0 aromatic heterocycles. The van der Waals surface area contributed by atoms with Crippen LogP contribution in [0.15, 0.2) is 52.4 Å². The molecule has 3 rings (SSSR count). The van der Waals surface area contributed by atoms with E-state index < -0.39 is 9.84 Å². The number of ether oxygens (including phenoxy) is 2. The van der Waals surface area contributed by atoms with E-state index >= 15 is 0 Å². The lowest BCUT2D eigenvalue weighted by atomic mass is 9.99. The van der Waals surface area contributed by atoms with Gasteiger partial charge in [-0.3, -0.25) is 4.99 Å². The highest BCUT2D eigenvalue weighted by Gasteiger charge is 2.22. The van der Waals surface area contributed by atoms with E-state index in [0.29, 0.717) is 30.2 Å². The molecule has 1 aliphatic heterocycles. The number of nitrogens with zero attached hydrogens (tertiary/aromatic N) is 2. The maximum atomic E-state index is 12.4. The Balaban J connectivity index is 1.57. The van der Waals surface area contributed by atoms with E-state index in [-0.39, 0.29) is 5.75 Å². The van der Waals surface area contributed by atoms with Crippen molar-refractivity contribution in [1.82, 2.24) is 10.2 Å². The summed E-state index contributed by atoms with van der Waals surface area (Å²) in [5, 5.41) is 3.30. The van der Waals surface area contributed by atoms with Gasteiger partial charge in [0, 0.05) is 26.7 Å². The van der Waals surface area contributed by atoms with Gasteiger partial charge in [0.25, 0.3) is 0 Å². The van der Waals surface area contributed by atoms with Crippen LogP contribution in [0.4, 0.5) is 0 Å². The van der Waals surface area contributed by atoms with Gasteiger partial charge >= 0.3 is 0 Å². The van der Waals surface area contributed by atoms with Gasteiger partial charge in [-0.1, -0.05) is 18.2 Å². The van der Waals surface area contributed by atoms with E-state index in [0.717, 1.165) is 24.7 Å². The van der Waals surface area contributed by atoms with Crippen molar-refractivity contribution >= 4 is 15.8 Å². The summed E-state index contributed by atoms with van der Waals surface area (Å²) in [5.74, 6) is 2.33. The molecule has 2 aromatic rings. The van der Waals surface area contributed by atoms with Crippen LogP contribution in [-0.4, -0.2) is 59.4 Å². The third-order valence-corrected chi connectivity index (χ3v) is 7.02. The van der Waals surface area contributed by atoms with Crippen LogP contribution in [0.2, 0.25) is 0 Å². The summed E-state index contributed by atoms with van der Waals surface area (Å²) >= 11 is 0. The fourth-order valence-electron chi connectivity index (χ4n) is 3.60. The molecular formula is C22H29N3O4S. The molecule has 2 aromatic carbocycles. The van der Waals surface area contributed by atoms with Gasteiger partial charge < -0.3 is 19.7 Å². The lowest BCUT2D eigenvalue weighted by Gasteiger charge is -2.32. The summed E-state index contributed by atoms with van der Waals surface area (Å²) in [6.07, 6.45) is 1.38. The second kappa shape index (κ2) is 9.84. The van der Waals surface area contributed by atoms with Crippen LogP contribution in [0.1, 0.15) is 17.5 Å². The van der Waals surface area contributed by atoms with Gasteiger partial charge in [-0.05, 0) is 48.2 Å². The number of sulfone groups is 1. The van der Waals surface area contributed by atoms with Crippen LogP contribution >= 0.6 is 0 Å². The first-order valence-corrected chi connectivity index (χ1v) is 11.6. The van der Waals surface area contributed by atoms with Crippen LogP contribution in [0.3, 0.4) is 0 Å². The highest BCUT2D eigenvalue weighted by Crippen LogP contribution is 2.33. The average Bonchev–Trinajstić information content (AvgIpc) is 2.78. The van der Waals surface area contributed by atoms with Gasteiger partial charge in [0.2, 0.25) is 0 Å². The van der Waals surface area contributed by atoms with E-state index in [2.05, 4.69) is 15.2 Å². The lowest BCUT2D eigenvalue weighted by molar-refractivity contribution is 0.346. The lowest BCUT2D eigenvalue weighted by Crippen LogP contribution is -2.44. The molecule has 0 radical (unpaired) electrons. The van der Waals surface area contributed by atoms with Gasteiger partial charge in [-0.15, -0.1) is 0 Å². The van der Waals surface area contributed by atoms with Crippen molar-refractivity contribution < 1.29 is 17.9 Å². The molecule has 0 saturated heterocycles. The number of guanidine groups is 1. The maximum Gasteiger partial charge on any atom is 0.193 e. The molecule has 162 valence electrons. The third kappa shape index (κ3) is 5.05. The summed E-state index contributed by atoms with van der Waals surface area (Å²) in [6, 6.07) is 12.6. The zero-order chi connectivity index (χ0) is 21.6. The number of benzene rings is 2. The van der Waals surface area contributed by atoms with Crippen LogP contribution in [0.5, 0.6) is 11.5 Å². The van der Waals surface area contributed by atoms with E-state index in [4.69, 9.17) is 9.47 Å². The van der Waals surface area contributed by atoms with E-state index in [1.807, 2.05) is 18.2 Å². The minimum Gasteiger partial charge on any atom is -0.493 e. The van der Waals surface area contributed by atoms with Crippen LogP contribution in [-0.2, 0) is 22.8 Å². The normalized spacial score (nSPS) is 14.2. The Bertz CT molecular complexity index is 991. The number of nitrogens with one attached hydrogen (secondary N) is 1. The molecule has 0 spiro atoms. The van der Waals surface area contributed by atoms with Gasteiger partial charge in [0.1, 0.15) is 0 Å². The Kier molecular flexibility index (Phi) is 7.20. The van der Waals surface area contributed by atoms with E-state index in [1.165, 1.54) is 11.1 Å². The standard InChI is InChI=1S/C22H29N3O4S/c1-23-22(24-11-7-13-30(26,27)19-8-5-4-6-9-19)25-12-10-17-14-20(28-2)21(29-3)15-18(17)16-25/h4-6,8-9,14-15H,7,10-13,16H2,1-3H3,(H,23,24). The molecule has 0 aliphatic carbocycles. The summed E-state index contributed by atoms with van der Waals surface area (Å²) in [5.41, 5.74) is 2.42. The molecule has 0 fully saturated rings. The topological polar surface area (TPSA) is 80.2 Å². The van der Waals surface area contributed by atoms with Crippen molar-refractivity contribution in [3.63, 3.8) is 0 Å². The van der Waals surface area contributed by atoms with Crippen LogP contribution < -0.4 is 14.8 Å². The summed E-state index contributed by atoms with van der Waals surface area (Å²) in [6.45, 7) is 2.07. The molecular weight excluding hydrogens is 402 g/mol. The predicted octanol–water partition coefficient (Wildman–Crippen LogP) is 2.50. The van der Waals surface area contributed by atoms with Crippen molar-refractivity contribution in [2.24, 2.45) is 4.99 Å². The first kappa shape index (κ1) is 22.0. The molecule has 30 heavy (non-hydrogen) atoms. The molecule has 8 heteroatoms. The van der Waals surface area contributed by atoms with Crippen molar-refractivity contribution in [2.75, 3.05) is 40.1 Å². The van der Waals surface area contributed by atoms with Crippen molar-refractivity contribution in [3.05, 3.63) is 53.6 Å². The van der Waals surface area contributed by atoms with Gasteiger partial charge in [0.15, 0.2) is 27.3 Å². The number of hydrogen-bond donors (Lipinski definition) is 1. The monoisotopic (exact) mass is 431 g/mol. The Labute approximate surface area is 178 Å². The average molecular weight is 432 g/mol. The van der Waals surface area contributed by atoms with Crippen molar-refractivity contribution in [3.8, 4) is 11.5 Å². The first-order chi connectivity index (χ1) is 14.5. The second-order valence-electron chi connectivity index (χ2n) is 7.11. The highest BCUT2D eigenvalue weighted by molar-refractivity contribution is 7.91. The molecule has 7 nitrogen and oxygen atoms in total. The zero-order valence-electron chi connectivity index (χ0n) is 17.7. The van der Waals surface area contributed by atoms with Crippen LogP contribution in [0.25, 0.3) is 0 Å². The van der Waals surface area contributed by atoms with E-state index in [9.17, 15) is 8.42 Å². The molecule has 0 amide bonds. The van der Waals surface area contributed by atoms with Crippen molar-refractivity contribution in [1.29, 1.82) is 0 Å². The SMILES string of the molecule is CN=C(NCCCS(=O)(=O)c1ccccc1)N1CCc2cc(OC)c(OC)cc2C1. The van der Waals surface area contributed by atoms with Crippen molar-refractivity contribution in [2.45, 2.75) is 24.3 Å². The maximum absolute atomic E-state index is 12.4.